The molecule has 0 aliphatic rings. The SMILES string of the molecule is Cc1cc(N(C)Cc2nc3ccccc3n2C)nc(-c2ccc([N+](=O)[O-])cc2)n1. The molecule has 2 heterocycles. The molecule has 0 unspecified atom stereocenters. The van der Waals surface area contributed by atoms with Crippen LogP contribution in [-0.2, 0) is 13.6 Å². The van der Waals surface area contributed by atoms with Gasteiger partial charge >= 0.3 is 0 Å². The van der Waals surface area contributed by atoms with Crippen LogP contribution in [0.5, 0.6) is 0 Å². The van der Waals surface area contributed by atoms with Crippen LogP contribution in [-0.4, -0.2) is 31.5 Å². The zero-order valence-corrected chi connectivity index (χ0v) is 16.4. The second-order valence-electron chi connectivity index (χ2n) is 6.93. The maximum Gasteiger partial charge on any atom is 0.269 e. The molecule has 0 amide bonds. The Bertz CT molecular complexity index is 1200. The molecule has 4 aromatic rings. The van der Waals surface area contributed by atoms with Crippen LogP contribution >= 0.6 is 0 Å². The summed E-state index contributed by atoms with van der Waals surface area (Å²) in [6, 6.07) is 16.2. The summed E-state index contributed by atoms with van der Waals surface area (Å²) in [7, 11) is 3.97. The van der Waals surface area contributed by atoms with Gasteiger partial charge in [-0.05, 0) is 31.2 Å². The Balaban J connectivity index is 1.64. The molecule has 29 heavy (non-hydrogen) atoms. The average molecular weight is 388 g/mol. The molecule has 0 bridgehead atoms. The number of hydrogen-bond donors (Lipinski definition) is 0. The van der Waals surface area contributed by atoms with Gasteiger partial charge < -0.3 is 9.47 Å². The van der Waals surface area contributed by atoms with Crippen LogP contribution in [0.2, 0.25) is 0 Å². The Kier molecular flexibility index (Phi) is 4.67. The van der Waals surface area contributed by atoms with Crippen molar-refractivity contribution < 1.29 is 4.92 Å². The smallest absolute Gasteiger partial charge is 0.269 e. The van der Waals surface area contributed by atoms with E-state index in [4.69, 9.17) is 4.98 Å². The molecule has 146 valence electrons. The van der Waals surface area contributed by atoms with E-state index in [-0.39, 0.29) is 5.69 Å². The van der Waals surface area contributed by atoms with Gasteiger partial charge in [0, 0.05) is 43.6 Å². The number of aromatic nitrogens is 4. The van der Waals surface area contributed by atoms with Gasteiger partial charge in [-0.15, -0.1) is 0 Å². The van der Waals surface area contributed by atoms with Gasteiger partial charge in [0.25, 0.3) is 5.69 Å². The van der Waals surface area contributed by atoms with Gasteiger partial charge in [-0.2, -0.15) is 0 Å². The van der Waals surface area contributed by atoms with Crippen LogP contribution in [0, 0.1) is 17.0 Å². The van der Waals surface area contributed by atoms with E-state index in [0.29, 0.717) is 12.4 Å². The number of rotatable bonds is 5. The van der Waals surface area contributed by atoms with E-state index in [9.17, 15) is 10.1 Å². The number of benzene rings is 2. The number of non-ortho nitro benzene ring substituents is 1. The molecule has 0 N–H and O–H groups in total. The minimum Gasteiger partial charge on any atom is -0.352 e. The second kappa shape index (κ2) is 7.31. The third-order valence-electron chi connectivity index (χ3n) is 4.83. The fourth-order valence-corrected chi connectivity index (χ4v) is 3.24. The number of nitro benzene ring substituents is 1. The molecule has 0 fully saturated rings. The second-order valence-corrected chi connectivity index (χ2v) is 6.93. The van der Waals surface area contributed by atoms with E-state index < -0.39 is 4.92 Å². The van der Waals surface area contributed by atoms with Crippen LogP contribution in [0.15, 0.2) is 54.6 Å². The van der Waals surface area contributed by atoms with Gasteiger partial charge in [0.1, 0.15) is 11.6 Å². The first-order valence-corrected chi connectivity index (χ1v) is 9.14. The van der Waals surface area contributed by atoms with Crippen molar-refractivity contribution in [1.29, 1.82) is 0 Å². The summed E-state index contributed by atoms with van der Waals surface area (Å²) >= 11 is 0. The summed E-state index contributed by atoms with van der Waals surface area (Å²) in [4.78, 5) is 26.3. The molecule has 0 saturated carbocycles. The van der Waals surface area contributed by atoms with Crippen LogP contribution in [0.4, 0.5) is 11.5 Å². The normalized spacial score (nSPS) is 11.0. The average Bonchev–Trinajstić information content (AvgIpc) is 3.03. The number of imidazole rings is 1. The fraction of sp³-hybridized carbons (Fsp3) is 0.190. The Morgan fingerprint density at radius 2 is 1.79 bits per heavy atom. The van der Waals surface area contributed by atoms with Crippen molar-refractivity contribution in [3.8, 4) is 11.4 Å². The molecule has 0 aliphatic carbocycles. The molecule has 0 spiro atoms. The van der Waals surface area contributed by atoms with Gasteiger partial charge in [0.05, 0.1) is 22.5 Å². The number of aryl methyl sites for hydroxylation is 2. The Labute approximate surface area is 167 Å². The van der Waals surface area contributed by atoms with Crippen LogP contribution in [0.3, 0.4) is 0 Å². The summed E-state index contributed by atoms with van der Waals surface area (Å²) in [6.07, 6.45) is 0. The van der Waals surface area contributed by atoms with E-state index >= 15 is 0 Å². The van der Waals surface area contributed by atoms with E-state index in [1.165, 1.54) is 12.1 Å². The lowest BCUT2D eigenvalue weighted by atomic mass is 10.2. The number of fused-ring (bicyclic) bond motifs is 1. The highest BCUT2D eigenvalue weighted by molar-refractivity contribution is 5.75. The first kappa shape index (κ1) is 18.5. The number of para-hydroxylation sites is 2. The standard InChI is InChI=1S/C21H20N6O2/c1-14-12-19(24-21(22-14)15-8-10-16(11-9-15)27(28)29)25(2)13-20-23-17-6-4-5-7-18(17)26(20)3/h4-12H,13H2,1-3H3. The van der Waals surface area contributed by atoms with E-state index in [1.807, 2.05) is 56.3 Å². The number of anilines is 1. The quantitative estimate of drug-likeness (QED) is 0.381. The van der Waals surface area contributed by atoms with E-state index in [2.05, 4.69) is 14.5 Å². The summed E-state index contributed by atoms with van der Waals surface area (Å²) in [5, 5.41) is 10.9. The summed E-state index contributed by atoms with van der Waals surface area (Å²) in [5.74, 6) is 2.23. The molecular weight excluding hydrogens is 368 g/mol. The Morgan fingerprint density at radius 3 is 2.48 bits per heavy atom. The highest BCUT2D eigenvalue weighted by atomic mass is 16.6. The number of hydrogen-bond acceptors (Lipinski definition) is 6. The monoisotopic (exact) mass is 388 g/mol. The molecule has 8 heteroatoms. The van der Waals surface area contributed by atoms with Crippen molar-refractivity contribution in [2.75, 3.05) is 11.9 Å². The van der Waals surface area contributed by atoms with Gasteiger partial charge in [-0.1, -0.05) is 12.1 Å². The largest absolute Gasteiger partial charge is 0.352 e. The third kappa shape index (κ3) is 3.64. The Hall–Kier alpha value is -3.81. The lowest BCUT2D eigenvalue weighted by molar-refractivity contribution is -0.384. The lowest BCUT2D eigenvalue weighted by Crippen LogP contribution is -2.20. The highest BCUT2D eigenvalue weighted by Crippen LogP contribution is 2.23. The molecule has 8 nitrogen and oxygen atoms in total. The molecule has 2 aromatic carbocycles. The maximum atomic E-state index is 10.9. The van der Waals surface area contributed by atoms with Crippen LogP contribution in [0.25, 0.3) is 22.4 Å². The molecule has 4 rings (SSSR count). The molecule has 0 aliphatic heterocycles. The molecular formula is C21H20N6O2. The summed E-state index contributed by atoms with van der Waals surface area (Å²) in [6.45, 7) is 2.49. The first-order chi connectivity index (χ1) is 13.9. The molecule has 0 saturated heterocycles. The minimum atomic E-state index is -0.420. The van der Waals surface area contributed by atoms with Crippen molar-refractivity contribution >= 4 is 22.5 Å². The molecule has 2 aromatic heterocycles. The fourth-order valence-electron chi connectivity index (χ4n) is 3.24. The van der Waals surface area contributed by atoms with Crippen molar-refractivity contribution in [2.24, 2.45) is 7.05 Å². The highest BCUT2D eigenvalue weighted by Gasteiger charge is 2.14. The summed E-state index contributed by atoms with van der Waals surface area (Å²) in [5.41, 5.74) is 3.64. The van der Waals surface area contributed by atoms with Crippen molar-refractivity contribution in [3.63, 3.8) is 0 Å². The topological polar surface area (TPSA) is 90.0 Å². The minimum absolute atomic E-state index is 0.0422. The predicted octanol–water partition coefficient (Wildman–Crippen LogP) is 3.88. The predicted molar refractivity (Wildman–Crippen MR) is 112 cm³/mol. The van der Waals surface area contributed by atoms with E-state index in [0.717, 1.165) is 33.9 Å². The van der Waals surface area contributed by atoms with Gasteiger partial charge in [0.15, 0.2) is 5.82 Å². The van der Waals surface area contributed by atoms with Gasteiger partial charge in [-0.25, -0.2) is 15.0 Å². The van der Waals surface area contributed by atoms with Crippen LogP contribution in [0.1, 0.15) is 11.5 Å². The molecule has 0 atom stereocenters. The lowest BCUT2D eigenvalue weighted by Gasteiger charge is -2.19. The maximum absolute atomic E-state index is 10.9. The number of nitrogens with zero attached hydrogens (tertiary/aromatic N) is 6. The first-order valence-electron chi connectivity index (χ1n) is 9.14. The van der Waals surface area contributed by atoms with Crippen molar-refractivity contribution in [3.05, 3.63) is 76.2 Å². The van der Waals surface area contributed by atoms with E-state index in [1.54, 1.807) is 12.1 Å². The van der Waals surface area contributed by atoms with Gasteiger partial charge in [-0.3, -0.25) is 10.1 Å². The summed E-state index contributed by atoms with van der Waals surface area (Å²) < 4.78 is 2.08. The van der Waals surface area contributed by atoms with Crippen molar-refractivity contribution in [1.82, 2.24) is 19.5 Å². The zero-order chi connectivity index (χ0) is 20.5. The van der Waals surface area contributed by atoms with Gasteiger partial charge in [0.2, 0.25) is 0 Å². The Morgan fingerprint density at radius 1 is 1.07 bits per heavy atom. The van der Waals surface area contributed by atoms with Crippen LogP contribution < -0.4 is 4.90 Å². The van der Waals surface area contributed by atoms with Crippen molar-refractivity contribution in [2.45, 2.75) is 13.5 Å². The number of nitro groups is 1. The zero-order valence-electron chi connectivity index (χ0n) is 16.4. The third-order valence-corrected chi connectivity index (χ3v) is 4.83. The molecule has 0 radical (unpaired) electrons.